The molecule has 0 spiro atoms. The predicted octanol–water partition coefficient (Wildman–Crippen LogP) is 1.05. The molecule has 1 N–H and O–H groups in total. The number of hydrogen-bond acceptors (Lipinski definition) is 6. The second-order valence-corrected chi connectivity index (χ2v) is 3.24. The second-order valence-electron chi connectivity index (χ2n) is 3.24. The molecule has 0 saturated carbocycles. The minimum Gasteiger partial charge on any atom is -0.400 e. The Morgan fingerprint density at radius 2 is 0.870 bits per heavy atom. The minimum atomic E-state index is -0.0833. The number of ketones is 4. The quantitative estimate of drug-likeness (QED) is 0.510. The Hall–Kier alpha value is 1.52. The third kappa shape index (κ3) is 533. The Bertz CT molecular complexity index is 218. The molecular weight excluding hydrogens is 531 g/mol. The average molecular weight is 558 g/mol. The Balaban J connectivity index is -0.0000000204. The first kappa shape index (κ1) is 49.7. The molecule has 0 heterocycles. The fourth-order valence-corrected chi connectivity index (χ4v) is 0.203. The molecule has 23 heavy (non-hydrogen) atoms. The van der Waals surface area contributed by atoms with E-state index in [1.807, 2.05) is 0 Å². The van der Waals surface area contributed by atoms with E-state index in [0.717, 1.165) is 7.11 Å². The number of ether oxygens (including phenoxy) is 1. The fourth-order valence-electron chi connectivity index (χ4n) is 0.203. The number of aliphatic hydroxyl groups excluding tert-OH is 1. The summed E-state index contributed by atoms with van der Waals surface area (Å²) in [4.78, 5) is 37.9. The number of carbonyl (C=O) groups is 4. The molecule has 0 bridgehead atoms. The predicted molar refractivity (Wildman–Crippen MR) is 78.8 cm³/mol. The van der Waals surface area contributed by atoms with Crippen LogP contribution in [0.5, 0.6) is 0 Å². The number of Topliss-reactive ketones (excluding diaryl/α,β-unsaturated/α-hetero) is 4. The van der Waals surface area contributed by atoms with Crippen LogP contribution in [-0.4, -0.2) is 49.1 Å². The summed E-state index contributed by atoms with van der Waals surface area (Å²) in [6.45, 7) is 15.0. The molecule has 0 aromatic heterocycles. The fraction of sp³-hybridized carbons (Fsp3) is 0.500. The van der Waals surface area contributed by atoms with Crippen molar-refractivity contribution in [2.45, 2.75) is 27.7 Å². The van der Waals surface area contributed by atoms with Crippen LogP contribution in [0.15, 0.2) is 0 Å². The monoisotopic (exact) mass is 558 g/mol. The summed E-state index contributed by atoms with van der Waals surface area (Å²) in [6.07, 6.45) is 0. The molecule has 131 valence electrons. The van der Waals surface area contributed by atoms with Gasteiger partial charge in [0, 0.05) is 112 Å². The molecule has 3 radical (unpaired) electrons. The Kier molecular flexibility index (Phi) is 107. The molecule has 0 aromatic rings. The first-order chi connectivity index (χ1) is 8.97. The van der Waals surface area contributed by atoms with E-state index >= 15 is 0 Å². The van der Waals surface area contributed by atoms with E-state index in [1.54, 1.807) is 0 Å². The number of methoxy groups -OCH3 is 1. The normalized spacial score (nSPS) is 5.70. The van der Waals surface area contributed by atoms with Crippen LogP contribution in [0.2, 0.25) is 0 Å². The molecule has 0 fully saturated rings. The van der Waals surface area contributed by atoms with Crippen molar-refractivity contribution in [2.24, 2.45) is 0 Å². The van der Waals surface area contributed by atoms with E-state index in [2.05, 4.69) is 25.5 Å². The molecule has 0 aliphatic heterocycles. The third-order valence-electron chi connectivity index (χ3n) is 0.348. The summed E-state index contributed by atoms with van der Waals surface area (Å²) in [5, 5.41) is 7.00. The average Bonchev–Trinajstić information content (AvgIpc) is 2.17. The Labute approximate surface area is 216 Å². The summed E-state index contributed by atoms with van der Waals surface area (Å²) >= 11 is 0. The zero-order valence-electron chi connectivity index (χ0n) is 15.0. The van der Waals surface area contributed by atoms with Crippen LogP contribution in [0.4, 0.5) is 0 Å². The van der Waals surface area contributed by atoms with Crippen molar-refractivity contribution >= 4 is 23.1 Å². The molecule has 0 saturated heterocycles. The van der Waals surface area contributed by atoms with Crippen molar-refractivity contribution in [3.63, 3.8) is 0 Å². The minimum absolute atomic E-state index is 0. The van der Waals surface area contributed by atoms with Gasteiger partial charge in [0.25, 0.3) is 0 Å². The van der Waals surface area contributed by atoms with Gasteiger partial charge in [0.2, 0.25) is 0 Å². The van der Waals surface area contributed by atoms with Gasteiger partial charge in [0.1, 0.15) is 6.61 Å². The molecule has 0 aromatic carbocycles. The molecule has 0 rings (SSSR count). The van der Waals surface area contributed by atoms with Crippen molar-refractivity contribution in [2.75, 3.05) is 20.8 Å². The van der Waals surface area contributed by atoms with Gasteiger partial charge >= 0.3 is 0 Å². The Morgan fingerprint density at radius 1 is 0.739 bits per heavy atom. The van der Waals surface area contributed by atoms with Gasteiger partial charge in [-0.05, 0) is 45.0 Å². The van der Waals surface area contributed by atoms with Crippen molar-refractivity contribution in [1.29, 1.82) is 0 Å². The maximum Gasteiger partial charge on any atom is 0.155 e. The van der Waals surface area contributed by atoms with Crippen LogP contribution in [0.1, 0.15) is 27.7 Å². The molecule has 6 nitrogen and oxygen atoms in total. The van der Waals surface area contributed by atoms with Gasteiger partial charge < -0.3 is 45.0 Å². The number of aliphatic hydroxyl groups is 1. The van der Waals surface area contributed by atoms with Crippen LogP contribution in [0.25, 0.3) is 0 Å². The number of carbonyl (C=O) groups excluding carboxylic acids is 4. The van der Waals surface area contributed by atoms with E-state index in [-0.39, 0.29) is 128 Å². The van der Waals surface area contributed by atoms with Crippen molar-refractivity contribution < 1.29 is 127 Å². The molecule has 0 aliphatic carbocycles. The van der Waals surface area contributed by atoms with E-state index in [4.69, 9.17) is 5.11 Å². The second kappa shape index (κ2) is 49.5. The standard InChI is InChI=1S/C4H8O2.3C3H5O.CH4O.3Y/c1-4(5)3-6-2;3*1-3(2)4;1-2;;;/h3H2,1-2H3;3*1H2,2H3;2H,1H3;;;/q;3*-1;;;;. The number of hydrogen-bond donors (Lipinski definition) is 1. The summed E-state index contributed by atoms with van der Waals surface area (Å²) < 4.78 is 4.45. The van der Waals surface area contributed by atoms with Gasteiger partial charge in [-0.1, -0.05) is 0 Å². The molecule has 9 heteroatoms. The Morgan fingerprint density at radius 3 is 0.870 bits per heavy atom. The first-order valence-corrected chi connectivity index (χ1v) is 5.37. The van der Waals surface area contributed by atoms with Crippen LogP contribution in [-0.2, 0) is 122 Å². The topological polar surface area (TPSA) is 97.7 Å². The zero-order valence-corrected chi connectivity index (χ0v) is 23.6. The summed E-state index contributed by atoms with van der Waals surface area (Å²) in [7, 11) is 2.50. The van der Waals surface area contributed by atoms with Gasteiger partial charge in [-0.2, -0.15) is 0 Å². The summed E-state index contributed by atoms with van der Waals surface area (Å²) in [5.74, 6) is -0.183. The zero-order chi connectivity index (χ0) is 17.7. The number of rotatable bonds is 2. The van der Waals surface area contributed by atoms with E-state index < -0.39 is 0 Å². The first-order valence-electron chi connectivity index (χ1n) is 5.37. The van der Waals surface area contributed by atoms with E-state index in [9.17, 15) is 19.2 Å². The summed E-state index contributed by atoms with van der Waals surface area (Å²) in [5.41, 5.74) is 0. The third-order valence-corrected chi connectivity index (χ3v) is 0.348. The van der Waals surface area contributed by atoms with Gasteiger partial charge in [-0.3, -0.25) is 4.79 Å². The van der Waals surface area contributed by atoms with Crippen molar-refractivity contribution in [1.82, 2.24) is 0 Å². The molecule has 0 amide bonds. The van der Waals surface area contributed by atoms with Gasteiger partial charge in [-0.15, -0.1) is 0 Å². The molecule has 0 atom stereocenters. The van der Waals surface area contributed by atoms with Crippen LogP contribution in [0.3, 0.4) is 0 Å². The molecular formula is C14H27O6Y3-3. The molecule has 0 aliphatic rings. The maximum atomic E-state index is 9.92. The SMILES string of the molecule is CO.COCC(C)=O.[CH2-]C(C)=O.[CH2-]C(C)=O.[CH2-]C(C)=O.[Y].[Y].[Y]. The molecule has 0 unspecified atom stereocenters. The van der Waals surface area contributed by atoms with Gasteiger partial charge in [-0.25, -0.2) is 0 Å². The van der Waals surface area contributed by atoms with Crippen molar-refractivity contribution in [3.05, 3.63) is 20.8 Å². The van der Waals surface area contributed by atoms with E-state index in [1.165, 1.54) is 34.8 Å². The van der Waals surface area contributed by atoms with Crippen LogP contribution >= 0.6 is 0 Å². The van der Waals surface area contributed by atoms with Gasteiger partial charge in [0.05, 0.1) is 0 Å². The van der Waals surface area contributed by atoms with E-state index in [0.29, 0.717) is 0 Å². The van der Waals surface area contributed by atoms with Gasteiger partial charge in [0.15, 0.2) is 5.78 Å². The van der Waals surface area contributed by atoms with Crippen LogP contribution < -0.4 is 0 Å². The summed E-state index contributed by atoms with van der Waals surface area (Å²) in [6, 6.07) is 0. The van der Waals surface area contributed by atoms with Crippen molar-refractivity contribution in [3.8, 4) is 0 Å². The van der Waals surface area contributed by atoms with Crippen LogP contribution in [0, 0.1) is 20.8 Å². The largest absolute Gasteiger partial charge is 0.400 e. The maximum absolute atomic E-state index is 9.92. The smallest absolute Gasteiger partial charge is 0.155 e.